The zero-order chi connectivity index (χ0) is 10.2. The van der Waals surface area contributed by atoms with E-state index in [2.05, 4.69) is 15.9 Å². The van der Waals surface area contributed by atoms with Gasteiger partial charge in [0.2, 0.25) is 0 Å². The Kier molecular flexibility index (Phi) is 2.54. The van der Waals surface area contributed by atoms with Crippen molar-refractivity contribution in [2.45, 2.75) is 19.3 Å². The third-order valence-corrected chi connectivity index (χ3v) is 3.93. The molecule has 1 fully saturated rings. The molecule has 0 heterocycles. The molecule has 3 heteroatoms. The van der Waals surface area contributed by atoms with E-state index in [1.807, 2.05) is 12.1 Å². The second-order valence-corrected chi connectivity index (χ2v) is 4.92. The van der Waals surface area contributed by atoms with Crippen LogP contribution in [0.25, 0.3) is 0 Å². The number of aromatic hydroxyl groups is 1. The second kappa shape index (κ2) is 3.55. The Bertz CT molecular complexity index is 347. The largest absolute Gasteiger partial charge is 0.507 e. The average Bonchev–Trinajstić information content (AvgIpc) is 2.94. The maximum absolute atomic E-state index is 9.51. The minimum Gasteiger partial charge on any atom is -0.507 e. The first-order valence-electron chi connectivity index (χ1n) is 4.83. The predicted molar refractivity (Wildman–Crippen MR) is 60.2 cm³/mol. The second-order valence-electron chi connectivity index (χ2n) is 4.13. The fourth-order valence-corrected chi connectivity index (χ4v) is 2.14. The van der Waals surface area contributed by atoms with Crippen LogP contribution in [0.2, 0.25) is 0 Å². The molecule has 0 saturated heterocycles. The van der Waals surface area contributed by atoms with Crippen LogP contribution >= 0.6 is 15.9 Å². The average molecular weight is 256 g/mol. The molecule has 1 aliphatic rings. The van der Waals surface area contributed by atoms with Crippen LogP contribution in [0.15, 0.2) is 22.7 Å². The van der Waals surface area contributed by atoms with Crippen molar-refractivity contribution in [1.29, 1.82) is 0 Å². The van der Waals surface area contributed by atoms with Crippen LogP contribution in [0.5, 0.6) is 5.75 Å². The van der Waals surface area contributed by atoms with E-state index >= 15 is 0 Å². The normalized spacial score (nSPS) is 18.1. The van der Waals surface area contributed by atoms with E-state index in [1.54, 1.807) is 6.07 Å². The number of nitrogens with two attached hydrogens (primary N) is 1. The molecule has 1 aliphatic carbocycles. The van der Waals surface area contributed by atoms with Gasteiger partial charge in [0.05, 0.1) is 4.47 Å². The highest BCUT2D eigenvalue weighted by Crippen LogP contribution is 2.48. The summed E-state index contributed by atoms with van der Waals surface area (Å²) >= 11 is 3.40. The highest BCUT2D eigenvalue weighted by Gasteiger charge is 2.41. The first kappa shape index (κ1) is 9.99. The van der Waals surface area contributed by atoms with Crippen molar-refractivity contribution in [3.05, 3.63) is 28.2 Å². The van der Waals surface area contributed by atoms with E-state index in [-0.39, 0.29) is 0 Å². The number of benzene rings is 1. The lowest BCUT2D eigenvalue weighted by Gasteiger charge is -2.13. The van der Waals surface area contributed by atoms with Gasteiger partial charge >= 0.3 is 0 Å². The fourth-order valence-electron chi connectivity index (χ4n) is 1.74. The van der Waals surface area contributed by atoms with Gasteiger partial charge in [-0.2, -0.15) is 0 Å². The van der Waals surface area contributed by atoms with Crippen molar-refractivity contribution in [2.24, 2.45) is 11.1 Å². The van der Waals surface area contributed by atoms with E-state index in [0.717, 1.165) is 23.0 Å². The minimum absolute atomic E-state index is 0.315. The summed E-state index contributed by atoms with van der Waals surface area (Å²) in [6.07, 6.45) is 3.40. The summed E-state index contributed by atoms with van der Waals surface area (Å²) in [5, 5.41) is 9.51. The molecule has 1 saturated carbocycles. The van der Waals surface area contributed by atoms with Gasteiger partial charge in [-0.25, -0.2) is 0 Å². The molecule has 0 spiro atoms. The van der Waals surface area contributed by atoms with Gasteiger partial charge in [0.1, 0.15) is 5.75 Å². The Balaban J connectivity index is 2.21. The van der Waals surface area contributed by atoms with Gasteiger partial charge in [0.15, 0.2) is 0 Å². The molecule has 2 nitrogen and oxygen atoms in total. The Morgan fingerprint density at radius 3 is 2.71 bits per heavy atom. The first-order valence-corrected chi connectivity index (χ1v) is 5.63. The lowest BCUT2D eigenvalue weighted by molar-refractivity contribution is 0.467. The van der Waals surface area contributed by atoms with Crippen LogP contribution in [-0.4, -0.2) is 11.7 Å². The molecule has 3 N–H and O–H groups in total. The third-order valence-electron chi connectivity index (χ3n) is 3.01. The molecule has 0 bridgehead atoms. The Labute approximate surface area is 92.3 Å². The molecule has 0 amide bonds. The molecule has 1 aromatic carbocycles. The SMILES string of the molecule is NCC1(Cc2cccc(O)c2Br)CC1. The van der Waals surface area contributed by atoms with E-state index in [9.17, 15) is 5.11 Å². The predicted octanol–water partition coefficient (Wildman–Crippen LogP) is 2.44. The van der Waals surface area contributed by atoms with Crippen LogP contribution in [0.3, 0.4) is 0 Å². The lowest BCUT2D eigenvalue weighted by Crippen LogP contribution is -2.18. The number of halogens is 1. The van der Waals surface area contributed by atoms with Crippen LogP contribution in [0.1, 0.15) is 18.4 Å². The molecule has 0 aliphatic heterocycles. The molecule has 1 aromatic rings. The van der Waals surface area contributed by atoms with Crippen molar-refractivity contribution in [3.8, 4) is 5.75 Å². The molecule has 14 heavy (non-hydrogen) atoms. The Hall–Kier alpha value is -0.540. The topological polar surface area (TPSA) is 46.2 Å². The van der Waals surface area contributed by atoms with Crippen LogP contribution in [0, 0.1) is 5.41 Å². The Morgan fingerprint density at radius 1 is 1.43 bits per heavy atom. The highest BCUT2D eigenvalue weighted by molar-refractivity contribution is 9.10. The lowest BCUT2D eigenvalue weighted by atomic mass is 9.97. The van der Waals surface area contributed by atoms with Crippen molar-refractivity contribution in [3.63, 3.8) is 0 Å². The molecule has 2 rings (SSSR count). The highest BCUT2D eigenvalue weighted by atomic mass is 79.9. The third kappa shape index (κ3) is 1.79. The summed E-state index contributed by atoms with van der Waals surface area (Å²) in [6, 6.07) is 5.61. The molecule has 76 valence electrons. The zero-order valence-corrected chi connectivity index (χ0v) is 9.55. The molecule has 0 atom stereocenters. The van der Waals surface area contributed by atoms with Crippen molar-refractivity contribution >= 4 is 15.9 Å². The first-order chi connectivity index (χ1) is 6.67. The van der Waals surface area contributed by atoms with Gasteiger partial charge in [-0.15, -0.1) is 0 Å². The standard InChI is InChI=1S/C11H14BrNO/c12-10-8(2-1-3-9(10)14)6-11(7-13)4-5-11/h1-3,14H,4-7,13H2. The monoisotopic (exact) mass is 255 g/mol. The molecular weight excluding hydrogens is 242 g/mol. The summed E-state index contributed by atoms with van der Waals surface area (Å²) < 4.78 is 0.819. The van der Waals surface area contributed by atoms with Crippen molar-refractivity contribution in [1.82, 2.24) is 0 Å². The minimum atomic E-state index is 0.315. The van der Waals surface area contributed by atoms with Crippen molar-refractivity contribution < 1.29 is 5.11 Å². The number of rotatable bonds is 3. The summed E-state index contributed by atoms with van der Waals surface area (Å²) in [5.74, 6) is 0.315. The summed E-state index contributed by atoms with van der Waals surface area (Å²) in [6.45, 7) is 0.745. The number of phenolic OH excluding ortho intramolecular Hbond substituents is 1. The maximum atomic E-state index is 9.51. The van der Waals surface area contributed by atoms with Gasteiger partial charge < -0.3 is 10.8 Å². The van der Waals surface area contributed by atoms with Gasteiger partial charge in [-0.05, 0) is 58.8 Å². The maximum Gasteiger partial charge on any atom is 0.130 e. The smallest absolute Gasteiger partial charge is 0.130 e. The summed E-state index contributed by atoms with van der Waals surface area (Å²) in [5.41, 5.74) is 7.20. The van der Waals surface area contributed by atoms with Crippen LogP contribution in [-0.2, 0) is 6.42 Å². The van der Waals surface area contributed by atoms with Crippen LogP contribution in [0.4, 0.5) is 0 Å². The van der Waals surface area contributed by atoms with E-state index in [4.69, 9.17) is 5.73 Å². The summed E-state index contributed by atoms with van der Waals surface area (Å²) in [4.78, 5) is 0. The number of hydrogen-bond donors (Lipinski definition) is 2. The van der Waals surface area contributed by atoms with Gasteiger partial charge in [-0.3, -0.25) is 0 Å². The Morgan fingerprint density at radius 2 is 2.14 bits per heavy atom. The van der Waals surface area contributed by atoms with Gasteiger partial charge in [-0.1, -0.05) is 12.1 Å². The van der Waals surface area contributed by atoms with Gasteiger partial charge in [0, 0.05) is 0 Å². The molecule has 0 unspecified atom stereocenters. The van der Waals surface area contributed by atoms with Crippen molar-refractivity contribution in [2.75, 3.05) is 6.54 Å². The molecule has 0 aromatic heterocycles. The van der Waals surface area contributed by atoms with Crippen LogP contribution < -0.4 is 5.73 Å². The van der Waals surface area contributed by atoms with E-state index in [0.29, 0.717) is 11.2 Å². The van der Waals surface area contributed by atoms with E-state index in [1.165, 1.54) is 12.8 Å². The molecule has 0 radical (unpaired) electrons. The summed E-state index contributed by atoms with van der Waals surface area (Å²) in [7, 11) is 0. The quantitative estimate of drug-likeness (QED) is 0.872. The fraction of sp³-hybridized carbons (Fsp3) is 0.455. The zero-order valence-electron chi connectivity index (χ0n) is 7.96. The number of hydrogen-bond acceptors (Lipinski definition) is 2. The molecular formula is C11H14BrNO. The number of phenols is 1. The van der Waals surface area contributed by atoms with E-state index < -0.39 is 0 Å². The van der Waals surface area contributed by atoms with Gasteiger partial charge in [0.25, 0.3) is 0 Å².